The third-order valence-electron chi connectivity index (χ3n) is 3.03. The molecule has 2 unspecified atom stereocenters. The summed E-state index contributed by atoms with van der Waals surface area (Å²) in [6.07, 6.45) is 0. The van der Waals surface area contributed by atoms with Gasteiger partial charge in [-0.15, -0.1) is 11.6 Å². The van der Waals surface area contributed by atoms with E-state index in [1.807, 2.05) is 0 Å². The van der Waals surface area contributed by atoms with E-state index in [2.05, 4.69) is 38.1 Å². The van der Waals surface area contributed by atoms with E-state index >= 15 is 0 Å². The third-order valence-corrected chi connectivity index (χ3v) is 3.84. The molecule has 0 saturated heterocycles. The molecule has 1 nitrogen and oxygen atoms in total. The molecule has 0 bridgehead atoms. The molecular weight excluding hydrogens is 208 g/mol. The van der Waals surface area contributed by atoms with Gasteiger partial charge in [-0.2, -0.15) is 0 Å². The van der Waals surface area contributed by atoms with Crippen molar-refractivity contribution in [2.75, 3.05) is 6.61 Å². The summed E-state index contributed by atoms with van der Waals surface area (Å²) >= 11 is 6.44. The van der Waals surface area contributed by atoms with Gasteiger partial charge in [0, 0.05) is 11.3 Å². The van der Waals surface area contributed by atoms with E-state index < -0.39 is 0 Å². The maximum atomic E-state index is 6.44. The number of rotatable bonds is 2. The molecule has 2 rings (SSSR count). The molecule has 1 aromatic rings. The first-order valence-corrected chi connectivity index (χ1v) is 5.93. The molecule has 0 saturated carbocycles. The Morgan fingerprint density at radius 2 is 2.07 bits per heavy atom. The van der Waals surface area contributed by atoms with Gasteiger partial charge in [0.05, 0.1) is 13.2 Å². The number of ether oxygens (including phenoxy) is 1. The minimum Gasteiger partial charge on any atom is -0.376 e. The van der Waals surface area contributed by atoms with E-state index in [9.17, 15) is 0 Å². The number of alkyl halides is 1. The predicted octanol–water partition coefficient (Wildman–Crippen LogP) is 3.56. The van der Waals surface area contributed by atoms with Crippen LogP contribution >= 0.6 is 11.6 Å². The maximum Gasteiger partial charge on any atom is 0.0719 e. The molecule has 2 atom stereocenters. The highest BCUT2D eigenvalue weighted by Gasteiger charge is 2.28. The van der Waals surface area contributed by atoms with Gasteiger partial charge in [-0.05, 0) is 17.0 Å². The van der Waals surface area contributed by atoms with E-state index in [0.717, 1.165) is 13.2 Å². The lowest BCUT2D eigenvalue weighted by Crippen LogP contribution is -2.27. The van der Waals surface area contributed by atoms with Gasteiger partial charge >= 0.3 is 0 Å². The van der Waals surface area contributed by atoms with Gasteiger partial charge in [0.25, 0.3) is 0 Å². The van der Waals surface area contributed by atoms with Crippen LogP contribution in [0.5, 0.6) is 0 Å². The zero-order valence-electron chi connectivity index (χ0n) is 9.24. The minimum atomic E-state index is 0.159. The number of fused-ring (bicyclic) bond motifs is 1. The number of halogens is 1. The standard InChI is InChI=1S/C13H17ClO/c1-9(2)13(14)12-8-15-7-10-5-3-4-6-11(10)12/h3-6,9,12-13H,7-8H2,1-2H3. The van der Waals surface area contributed by atoms with Crippen LogP contribution in [0.1, 0.15) is 30.9 Å². The molecule has 0 amide bonds. The Hall–Kier alpha value is -0.530. The second-order valence-electron chi connectivity index (χ2n) is 4.51. The fraction of sp³-hybridized carbons (Fsp3) is 0.538. The maximum absolute atomic E-state index is 6.44. The Kier molecular flexibility index (Phi) is 3.32. The van der Waals surface area contributed by atoms with Crippen molar-refractivity contribution in [3.8, 4) is 0 Å². The first kappa shape index (κ1) is 11.0. The molecule has 82 valence electrons. The summed E-state index contributed by atoms with van der Waals surface area (Å²) in [5.41, 5.74) is 2.66. The van der Waals surface area contributed by atoms with Crippen LogP contribution < -0.4 is 0 Å². The zero-order valence-corrected chi connectivity index (χ0v) is 10.00. The molecule has 0 aliphatic carbocycles. The lowest BCUT2D eigenvalue weighted by atomic mass is 9.86. The van der Waals surface area contributed by atoms with Gasteiger partial charge < -0.3 is 4.74 Å². The van der Waals surface area contributed by atoms with Crippen LogP contribution in [0.4, 0.5) is 0 Å². The molecule has 1 heterocycles. The fourth-order valence-corrected chi connectivity index (χ4v) is 2.35. The summed E-state index contributed by atoms with van der Waals surface area (Å²) in [4.78, 5) is 0. The molecular formula is C13H17ClO. The summed E-state index contributed by atoms with van der Waals surface area (Å²) < 4.78 is 5.60. The van der Waals surface area contributed by atoms with Crippen molar-refractivity contribution in [2.24, 2.45) is 5.92 Å². The van der Waals surface area contributed by atoms with Crippen molar-refractivity contribution in [2.45, 2.75) is 31.7 Å². The van der Waals surface area contributed by atoms with Gasteiger partial charge in [0.2, 0.25) is 0 Å². The average molecular weight is 225 g/mol. The Morgan fingerprint density at radius 3 is 2.80 bits per heavy atom. The quantitative estimate of drug-likeness (QED) is 0.698. The first-order valence-electron chi connectivity index (χ1n) is 5.49. The predicted molar refractivity (Wildman–Crippen MR) is 63.3 cm³/mol. The SMILES string of the molecule is CC(C)C(Cl)C1COCc2ccccc21. The highest BCUT2D eigenvalue weighted by Crippen LogP contribution is 2.34. The Morgan fingerprint density at radius 1 is 1.33 bits per heavy atom. The average Bonchev–Trinajstić information content (AvgIpc) is 2.27. The van der Waals surface area contributed by atoms with Crippen LogP contribution in [-0.4, -0.2) is 12.0 Å². The molecule has 0 spiro atoms. The van der Waals surface area contributed by atoms with Gasteiger partial charge in [-0.25, -0.2) is 0 Å². The summed E-state index contributed by atoms with van der Waals surface area (Å²) in [7, 11) is 0. The van der Waals surface area contributed by atoms with Crippen molar-refractivity contribution >= 4 is 11.6 Å². The van der Waals surface area contributed by atoms with Gasteiger partial charge in [0.15, 0.2) is 0 Å². The normalized spacial score (nSPS) is 22.5. The Labute approximate surface area is 96.4 Å². The van der Waals surface area contributed by atoms with Crippen molar-refractivity contribution in [1.29, 1.82) is 0 Å². The Bertz CT molecular complexity index is 335. The molecule has 2 heteroatoms. The van der Waals surface area contributed by atoms with E-state index in [0.29, 0.717) is 11.8 Å². The van der Waals surface area contributed by atoms with Crippen molar-refractivity contribution < 1.29 is 4.74 Å². The van der Waals surface area contributed by atoms with E-state index in [-0.39, 0.29) is 5.38 Å². The van der Waals surface area contributed by atoms with E-state index in [1.165, 1.54) is 11.1 Å². The molecule has 1 aliphatic rings. The molecule has 15 heavy (non-hydrogen) atoms. The second kappa shape index (κ2) is 4.54. The van der Waals surface area contributed by atoms with E-state index in [4.69, 9.17) is 16.3 Å². The van der Waals surface area contributed by atoms with Crippen LogP contribution in [0.25, 0.3) is 0 Å². The Balaban J connectivity index is 2.29. The highest BCUT2D eigenvalue weighted by atomic mass is 35.5. The first-order chi connectivity index (χ1) is 7.20. The molecule has 1 aliphatic heterocycles. The molecule has 0 radical (unpaired) electrons. The van der Waals surface area contributed by atoms with Crippen LogP contribution in [0.3, 0.4) is 0 Å². The van der Waals surface area contributed by atoms with Crippen LogP contribution in [0, 0.1) is 5.92 Å². The monoisotopic (exact) mass is 224 g/mol. The molecule has 0 fully saturated rings. The van der Waals surface area contributed by atoms with E-state index in [1.54, 1.807) is 0 Å². The number of hydrogen-bond donors (Lipinski definition) is 0. The van der Waals surface area contributed by atoms with Crippen molar-refractivity contribution in [3.05, 3.63) is 35.4 Å². The summed E-state index contributed by atoms with van der Waals surface area (Å²) in [6.45, 7) is 5.81. The number of hydrogen-bond acceptors (Lipinski definition) is 1. The van der Waals surface area contributed by atoms with Crippen molar-refractivity contribution in [1.82, 2.24) is 0 Å². The molecule has 1 aromatic carbocycles. The minimum absolute atomic E-state index is 0.159. The smallest absolute Gasteiger partial charge is 0.0719 e. The lowest BCUT2D eigenvalue weighted by Gasteiger charge is -2.30. The van der Waals surface area contributed by atoms with Crippen LogP contribution in [0.2, 0.25) is 0 Å². The third kappa shape index (κ3) is 2.19. The summed E-state index contributed by atoms with van der Waals surface area (Å²) in [5.74, 6) is 0.822. The van der Waals surface area contributed by atoms with Crippen LogP contribution in [-0.2, 0) is 11.3 Å². The van der Waals surface area contributed by atoms with Gasteiger partial charge in [-0.1, -0.05) is 38.1 Å². The van der Waals surface area contributed by atoms with Gasteiger partial charge in [-0.3, -0.25) is 0 Å². The fourth-order valence-electron chi connectivity index (χ4n) is 2.14. The zero-order chi connectivity index (χ0) is 10.8. The van der Waals surface area contributed by atoms with Crippen LogP contribution in [0.15, 0.2) is 24.3 Å². The highest BCUT2D eigenvalue weighted by molar-refractivity contribution is 6.21. The molecule has 0 aromatic heterocycles. The lowest BCUT2D eigenvalue weighted by molar-refractivity contribution is 0.0866. The van der Waals surface area contributed by atoms with Crippen molar-refractivity contribution in [3.63, 3.8) is 0 Å². The summed E-state index contributed by atoms with van der Waals surface area (Å²) in [5, 5.41) is 0.159. The van der Waals surface area contributed by atoms with Gasteiger partial charge in [0.1, 0.15) is 0 Å². The summed E-state index contributed by atoms with van der Waals surface area (Å²) in [6, 6.07) is 8.45. The molecule has 0 N–H and O–H groups in total. The number of benzene rings is 1. The topological polar surface area (TPSA) is 9.23 Å². The second-order valence-corrected chi connectivity index (χ2v) is 5.01. The largest absolute Gasteiger partial charge is 0.376 e.